The van der Waals surface area contributed by atoms with Gasteiger partial charge >= 0.3 is 0 Å². The van der Waals surface area contributed by atoms with Gasteiger partial charge in [-0.1, -0.05) is 0 Å². The van der Waals surface area contributed by atoms with E-state index in [9.17, 15) is 9.90 Å². The molecular weight excluding hydrogens is 282 g/mol. The summed E-state index contributed by atoms with van der Waals surface area (Å²) in [6.45, 7) is -0.195. The second kappa shape index (κ2) is 6.90. The number of nitriles is 1. The van der Waals surface area contributed by atoms with Crippen molar-refractivity contribution in [1.82, 2.24) is 0 Å². The van der Waals surface area contributed by atoms with Crippen molar-refractivity contribution in [2.24, 2.45) is 0 Å². The van der Waals surface area contributed by atoms with E-state index in [4.69, 9.17) is 15.4 Å². The normalized spacial score (nSPS) is 9.59. The third kappa shape index (κ3) is 3.84. The molecule has 2 aromatic carbocycles. The van der Waals surface area contributed by atoms with Crippen LogP contribution in [-0.4, -0.2) is 23.8 Å². The van der Waals surface area contributed by atoms with Crippen LogP contribution in [0.15, 0.2) is 42.5 Å². The molecule has 0 atom stereocenters. The summed E-state index contributed by atoms with van der Waals surface area (Å²) in [5.74, 6) is 0.0170. The minimum Gasteiger partial charge on any atom is -0.507 e. The predicted molar refractivity (Wildman–Crippen MR) is 81.3 cm³/mol. The highest BCUT2D eigenvalue weighted by atomic mass is 16.5. The molecule has 0 bridgehead atoms. The summed E-state index contributed by atoms with van der Waals surface area (Å²) in [5.41, 5.74) is 1.29. The Labute approximate surface area is 127 Å². The van der Waals surface area contributed by atoms with Crippen LogP contribution in [0.2, 0.25) is 0 Å². The zero-order valence-electron chi connectivity index (χ0n) is 11.5. The topological polar surface area (TPSA) is 106 Å². The molecule has 1 amide bonds. The molecule has 2 aromatic rings. The number of hydrogen-bond donors (Lipinski definition) is 3. The number of phenolic OH excluding ortho intramolecular Hbond substituents is 1. The molecule has 0 heterocycles. The SMILES string of the molecule is N#Cc1ccc(OCC(=O)Nc2ccc(C=N)c(O)c2)cc1. The first-order chi connectivity index (χ1) is 10.6. The van der Waals surface area contributed by atoms with Crippen LogP contribution >= 0.6 is 0 Å². The van der Waals surface area contributed by atoms with E-state index in [1.807, 2.05) is 6.07 Å². The van der Waals surface area contributed by atoms with E-state index in [0.29, 0.717) is 22.6 Å². The molecule has 0 fully saturated rings. The van der Waals surface area contributed by atoms with Gasteiger partial charge in [0.15, 0.2) is 6.61 Å². The van der Waals surface area contributed by atoms with Crippen molar-refractivity contribution in [3.8, 4) is 17.6 Å². The number of rotatable bonds is 5. The highest BCUT2D eigenvalue weighted by Gasteiger charge is 2.06. The number of carbonyl (C=O) groups excluding carboxylic acids is 1. The van der Waals surface area contributed by atoms with Gasteiger partial charge in [0.05, 0.1) is 11.6 Å². The average molecular weight is 295 g/mol. The number of amides is 1. The minimum atomic E-state index is -0.383. The molecule has 2 rings (SSSR count). The van der Waals surface area contributed by atoms with E-state index in [0.717, 1.165) is 6.21 Å². The molecule has 0 saturated carbocycles. The van der Waals surface area contributed by atoms with Gasteiger partial charge in [-0.25, -0.2) is 0 Å². The molecular formula is C16H13N3O3. The fourth-order valence-corrected chi connectivity index (χ4v) is 1.72. The lowest BCUT2D eigenvalue weighted by molar-refractivity contribution is -0.118. The third-order valence-corrected chi connectivity index (χ3v) is 2.82. The molecule has 0 aliphatic rings. The van der Waals surface area contributed by atoms with Crippen molar-refractivity contribution < 1.29 is 14.6 Å². The Balaban J connectivity index is 1.91. The Hall–Kier alpha value is -3.33. The monoisotopic (exact) mass is 295 g/mol. The van der Waals surface area contributed by atoms with Crippen molar-refractivity contribution in [3.63, 3.8) is 0 Å². The lowest BCUT2D eigenvalue weighted by Crippen LogP contribution is -2.20. The largest absolute Gasteiger partial charge is 0.507 e. The molecule has 6 heteroatoms. The Morgan fingerprint density at radius 3 is 2.64 bits per heavy atom. The number of aromatic hydroxyl groups is 1. The van der Waals surface area contributed by atoms with Gasteiger partial charge in [0.2, 0.25) is 0 Å². The van der Waals surface area contributed by atoms with Crippen molar-refractivity contribution in [1.29, 1.82) is 10.7 Å². The highest BCUT2D eigenvalue weighted by Crippen LogP contribution is 2.20. The first-order valence-corrected chi connectivity index (χ1v) is 6.38. The third-order valence-electron chi connectivity index (χ3n) is 2.82. The number of ether oxygens (including phenoxy) is 1. The maximum absolute atomic E-state index is 11.8. The van der Waals surface area contributed by atoms with Gasteiger partial charge in [0, 0.05) is 23.5 Å². The van der Waals surface area contributed by atoms with Crippen LogP contribution in [-0.2, 0) is 4.79 Å². The maximum atomic E-state index is 11.8. The first kappa shape index (κ1) is 15.1. The van der Waals surface area contributed by atoms with E-state index in [-0.39, 0.29) is 18.3 Å². The zero-order valence-corrected chi connectivity index (χ0v) is 11.5. The smallest absolute Gasteiger partial charge is 0.262 e. The van der Waals surface area contributed by atoms with Crippen LogP contribution in [0.3, 0.4) is 0 Å². The van der Waals surface area contributed by atoms with E-state index in [2.05, 4.69) is 5.32 Å². The molecule has 0 unspecified atom stereocenters. The van der Waals surface area contributed by atoms with Crippen LogP contribution in [0.5, 0.6) is 11.5 Å². The summed E-state index contributed by atoms with van der Waals surface area (Å²) in [6, 6.07) is 12.9. The molecule has 0 spiro atoms. The van der Waals surface area contributed by atoms with Gasteiger partial charge < -0.3 is 20.6 Å². The lowest BCUT2D eigenvalue weighted by atomic mass is 10.2. The maximum Gasteiger partial charge on any atom is 0.262 e. The molecule has 110 valence electrons. The Morgan fingerprint density at radius 1 is 1.32 bits per heavy atom. The van der Waals surface area contributed by atoms with Gasteiger partial charge in [-0.2, -0.15) is 5.26 Å². The number of nitrogens with one attached hydrogen (secondary N) is 2. The molecule has 3 N–H and O–H groups in total. The fourth-order valence-electron chi connectivity index (χ4n) is 1.72. The van der Waals surface area contributed by atoms with Crippen LogP contribution in [0.1, 0.15) is 11.1 Å². The van der Waals surface area contributed by atoms with Gasteiger partial charge in [0.1, 0.15) is 11.5 Å². The fraction of sp³-hybridized carbons (Fsp3) is 0.0625. The van der Waals surface area contributed by atoms with E-state index >= 15 is 0 Å². The van der Waals surface area contributed by atoms with Crippen LogP contribution < -0.4 is 10.1 Å². The second-order valence-electron chi connectivity index (χ2n) is 4.39. The van der Waals surface area contributed by atoms with Crippen LogP contribution in [0.25, 0.3) is 0 Å². The zero-order chi connectivity index (χ0) is 15.9. The number of carbonyl (C=O) groups is 1. The Kier molecular flexibility index (Phi) is 4.73. The Bertz CT molecular complexity index is 733. The van der Waals surface area contributed by atoms with Crippen molar-refractivity contribution in [2.45, 2.75) is 0 Å². The molecule has 22 heavy (non-hydrogen) atoms. The first-order valence-electron chi connectivity index (χ1n) is 6.38. The summed E-state index contributed by atoms with van der Waals surface area (Å²) >= 11 is 0. The second-order valence-corrected chi connectivity index (χ2v) is 4.39. The van der Waals surface area contributed by atoms with Gasteiger partial charge in [-0.3, -0.25) is 4.79 Å². The number of nitrogens with zero attached hydrogens (tertiary/aromatic N) is 1. The average Bonchev–Trinajstić information content (AvgIpc) is 2.53. The number of benzene rings is 2. The molecule has 0 saturated heterocycles. The number of hydrogen-bond acceptors (Lipinski definition) is 5. The Morgan fingerprint density at radius 2 is 2.05 bits per heavy atom. The standard InChI is InChI=1S/C16H13N3O3/c17-8-11-1-5-14(6-2-11)22-10-16(21)19-13-4-3-12(9-18)15(20)7-13/h1-7,9,18,20H,10H2,(H,19,21). The van der Waals surface area contributed by atoms with Gasteiger partial charge in [0.25, 0.3) is 5.91 Å². The lowest BCUT2D eigenvalue weighted by Gasteiger charge is -2.08. The molecule has 0 aliphatic heterocycles. The predicted octanol–water partition coefficient (Wildman–Crippen LogP) is 2.28. The van der Waals surface area contributed by atoms with Crippen LogP contribution in [0, 0.1) is 16.7 Å². The van der Waals surface area contributed by atoms with E-state index in [1.165, 1.54) is 12.1 Å². The van der Waals surface area contributed by atoms with Gasteiger partial charge in [-0.05, 0) is 36.4 Å². The van der Waals surface area contributed by atoms with Crippen molar-refractivity contribution in [3.05, 3.63) is 53.6 Å². The molecule has 0 aliphatic carbocycles. The highest BCUT2D eigenvalue weighted by molar-refractivity contribution is 5.93. The molecule has 6 nitrogen and oxygen atoms in total. The summed E-state index contributed by atoms with van der Waals surface area (Å²) in [5, 5.41) is 27.9. The van der Waals surface area contributed by atoms with Gasteiger partial charge in [-0.15, -0.1) is 0 Å². The van der Waals surface area contributed by atoms with Crippen LogP contribution in [0.4, 0.5) is 5.69 Å². The number of anilines is 1. The quantitative estimate of drug-likeness (QED) is 0.735. The van der Waals surface area contributed by atoms with E-state index in [1.54, 1.807) is 30.3 Å². The van der Waals surface area contributed by atoms with Crippen molar-refractivity contribution in [2.75, 3.05) is 11.9 Å². The number of phenols is 1. The summed E-state index contributed by atoms with van der Waals surface area (Å²) in [4.78, 5) is 11.8. The summed E-state index contributed by atoms with van der Waals surface area (Å²) in [7, 11) is 0. The van der Waals surface area contributed by atoms with E-state index < -0.39 is 0 Å². The van der Waals surface area contributed by atoms with Crippen molar-refractivity contribution >= 4 is 17.8 Å². The molecule has 0 aromatic heterocycles. The summed E-state index contributed by atoms with van der Waals surface area (Å²) < 4.78 is 5.29. The minimum absolute atomic E-state index is 0.0826. The molecule has 0 radical (unpaired) electrons. The summed E-state index contributed by atoms with van der Waals surface area (Å²) in [6.07, 6.45) is 1.02.